The molecule has 0 saturated heterocycles. The van der Waals surface area contributed by atoms with Crippen LogP contribution in [0.1, 0.15) is 20.3 Å². The first-order valence-electron chi connectivity index (χ1n) is 8.25. The summed E-state index contributed by atoms with van der Waals surface area (Å²) in [5.74, 6) is 2.16. The molecule has 2 rings (SSSR count). The molecule has 0 bridgehead atoms. The number of hydrogen-bond donors (Lipinski definition) is 3. The molecule has 0 fully saturated rings. The van der Waals surface area contributed by atoms with E-state index in [1.165, 1.54) is 0 Å². The molecule has 0 aromatic heterocycles. The molecule has 0 atom stereocenters. The van der Waals surface area contributed by atoms with Crippen molar-refractivity contribution < 1.29 is 14.3 Å². The van der Waals surface area contributed by atoms with Gasteiger partial charge < -0.3 is 25.4 Å². The van der Waals surface area contributed by atoms with Gasteiger partial charge in [-0.25, -0.2) is 0 Å². The Morgan fingerprint density at radius 2 is 1.88 bits per heavy atom. The summed E-state index contributed by atoms with van der Waals surface area (Å²) in [6.07, 6.45) is 0.878. The Labute approximate surface area is 142 Å². The van der Waals surface area contributed by atoms with E-state index < -0.39 is 0 Å². The summed E-state index contributed by atoms with van der Waals surface area (Å²) in [4.78, 5) is 15.7. The number of carbonyl (C=O) groups excluding carboxylic acids is 1. The predicted molar refractivity (Wildman–Crippen MR) is 94.9 cm³/mol. The second-order valence-electron chi connectivity index (χ2n) is 5.78. The van der Waals surface area contributed by atoms with Crippen LogP contribution in [0.15, 0.2) is 23.2 Å². The number of nitrogens with one attached hydrogen (secondary N) is 3. The molecule has 0 unspecified atom stereocenters. The Hall–Kier alpha value is -2.44. The maximum absolute atomic E-state index is 11.5. The average molecular weight is 334 g/mol. The summed E-state index contributed by atoms with van der Waals surface area (Å²) in [5, 5.41) is 9.21. The van der Waals surface area contributed by atoms with Gasteiger partial charge in [0.2, 0.25) is 5.91 Å². The average Bonchev–Trinajstić information content (AvgIpc) is 2.82. The Morgan fingerprint density at radius 1 is 1.17 bits per heavy atom. The van der Waals surface area contributed by atoms with Gasteiger partial charge in [0.05, 0.1) is 13.2 Å². The second-order valence-corrected chi connectivity index (χ2v) is 5.78. The predicted octanol–water partition coefficient (Wildman–Crippen LogP) is 1.61. The number of rotatable bonds is 5. The van der Waals surface area contributed by atoms with Crippen molar-refractivity contribution in [3.63, 3.8) is 0 Å². The molecule has 0 aliphatic carbocycles. The topological polar surface area (TPSA) is 84.0 Å². The number of guanidine groups is 1. The second kappa shape index (κ2) is 9.00. The van der Waals surface area contributed by atoms with Crippen LogP contribution in [0.25, 0.3) is 0 Å². The minimum Gasteiger partial charge on any atom is -0.490 e. The van der Waals surface area contributed by atoms with Crippen LogP contribution in [-0.4, -0.2) is 45.2 Å². The van der Waals surface area contributed by atoms with E-state index in [-0.39, 0.29) is 11.8 Å². The number of anilines is 1. The lowest BCUT2D eigenvalue weighted by molar-refractivity contribution is -0.123. The highest BCUT2D eigenvalue weighted by atomic mass is 16.5. The summed E-state index contributed by atoms with van der Waals surface area (Å²) >= 11 is 0. The van der Waals surface area contributed by atoms with Crippen molar-refractivity contribution >= 4 is 17.6 Å². The number of amides is 1. The van der Waals surface area contributed by atoms with Crippen molar-refractivity contribution in [2.45, 2.75) is 20.3 Å². The maximum Gasteiger partial charge on any atom is 0.222 e. The molecule has 0 radical (unpaired) electrons. The van der Waals surface area contributed by atoms with Crippen LogP contribution in [0.4, 0.5) is 5.69 Å². The standard InChI is InChI=1S/C17H26N4O3/c1-12(2)16(22)19-7-8-20-17(18-3)21-13-5-6-14-15(11-13)24-10-4-9-23-14/h5-6,11-12H,4,7-10H2,1-3H3,(H,19,22)(H2,18,20,21). The summed E-state index contributed by atoms with van der Waals surface area (Å²) in [6.45, 7) is 6.19. The highest BCUT2D eigenvalue weighted by Crippen LogP contribution is 2.32. The van der Waals surface area contributed by atoms with Gasteiger partial charge in [0, 0.05) is 44.2 Å². The first-order valence-corrected chi connectivity index (χ1v) is 8.25. The van der Waals surface area contributed by atoms with Crippen LogP contribution in [0, 0.1) is 5.92 Å². The third kappa shape index (κ3) is 5.33. The number of aliphatic imine (C=N–C) groups is 1. The molecule has 1 amide bonds. The van der Waals surface area contributed by atoms with Crippen molar-refractivity contribution in [2.24, 2.45) is 10.9 Å². The molecule has 7 heteroatoms. The highest BCUT2D eigenvalue weighted by molar-refractivity contribution is 5.93. The van der Waals surface area contributed by atoms with Crippen LogP contribution in [0.5, 0.6) is 11.5 Å². The molecule has 7 nitrogen and oxygen atoms in total. The summed E-state index contributed by atoms with van der Waals surface area (Å²) < 4.78 is 11.3. The third-order valence-electron chi connectivity index (χ3n) is 3.47. The number of nitrogens with zero attached hydrogens (tertiary/aromatic N) is 1. The normalized spacial score (nSPS) is 14.1. The van der Waals surface area contributed by atoms with Gasteiger partial charge in [0.1, 0.15) is 0 Å². The Balaban J connectivity index is 1.84. The van der Waals surface area contributed by atoms with Gasteiger partial charge in [0.15, 0.2) is 17.5 Å². The molecule has 1 aliphatic rings. The monoisotopic (exact) mass is 334 g/mol. The SMILES string of the molecule is CN=C(NCCNC(=O)C(C)C)Nc1ccc2c(c1)OCCCO2. The molecule has 132 valence electrons. The van der Waals surface area contributed by atoms with E-state index in [4.69, 9.17) is 9.47 Å². The Bertz CT molecular complexity index is 587. The molecular formula is C17H26N4O3. The molecule has 3 N–H and O–H groups in total. The van der Waals surface area contributed by atoms with Crippen molar-refractivity contribution in [1.82, 2.24) is 10.6 Å². The molecule has 1 heterocycles. The fourth-order valence-electron chi connectivity index (χ4n) is 2.13. The molecule has 0 spiro atoms. The van der Waals surface area contributed by atoms with E-state index in [1.807, 2.05) is 32.0 Å². The van der Waals surface area contributed by atoms with Crippen molar-refractivity contribution in [3.05, 3.63) is 18.2 Å². The van der Waals surface area contributed by atoms with E-state index in [2.05, 4.69) is 20.9 Å². The van der Waals surface area contributed by atoms with Crippen LogP contribution < -0.4 is 25.4 Å². The van der Waals surface area contributed by atoms with Crippen LogP contribution >= 0.6 is 0 Å². The zero-order valence-corrected chi connectivity index (χ0v) is 14.5. The zero-order chi connectivity index (χ0) is 17.4. The van der Waals surface area contributed by atoms with Crippen molar-refractivity contribution in [1.29, 1.82) is 0 Å². The molecule has 24 heavy (non-hydrogen) atoms. The van der Waals surface area contributed by atoms with Gasteiger partial charge in [-0.3, -0.25) is 9.79 Å². The quantitative estimate of drug-likeness (QED) is 0.433. The number of hydrogen-bond acceptors (Lipinski definition) is 4. The molecular weight excluding hydrogens is 308 g/mol. The largest absolute Gasteiger partial charge is 0.490 e. The summed E-state index contributed by atoms with van der Waals surface area (Å²) in [7, 11) is 1.70. The van der Waals surface area contributed by atoms with Crippen LogP contribution in [0.2, 0.25) is 0 Å². The van der Waals surface area contributed by atoms with Gasteiger partial charge in [0.25, 0.3) is 0 Å². The maximum atomic E-state index is 11.5. The highest BCUT2D eigenvalue weighted by Gasteiger charge is 2.11. The summed E-state index contributed by atoms with van der Waals surface area (Å²) in [5.41, 5.74) is 0.860. The fourth-order valence-corrected chi connectivity index (χ4v) is 2.13. The van der Waals surface area contributed by atoms with Gasteiger partial charge in [-0.1, -0.05) is 13.8 Å². The minimum absolute atomic E-state index is 0.00997. The third-order valence-corrected chi connectivity index (χ3v) is 3.47. The Kier molecular flexibility index (Phi) is 6.72. The van der Waals surface area contributed by atoms with Crippen LogP contribution in [0.3, 0.4) is 0 Å². The number of carbonyl (C=O) groups is 1. The van der Waals surface area contributed by atoms with Gasteiger partial charge in [-0.2, -0.15) is 0 Å². The van der Waals surface area contributed by atoms with Crippen molar-refractivity contribution in [3.8, 4) is 11.5 Å². The molecule has 1 aromatic rings. The smallest absolute Gasteiger partial charge is 0.222 e. The van der Waals surface area contributed by atoms with E-state index in [0.29, 0.717) is 32.3 Å². The van der Waals surface area contributed by atoms with Crippen molar-refractivity contribution in [2.75, 3.05) is 38.7 Å². The minimum atomic E-state index is -0.00997. The van der Waals surface area contributed by atoms with Gasteiger partial charge >= 0.3 is 0 Å². The first-order chi connectivity index (χ1) is 11.6. The Morgan fingerprint density at radius 3 is 2.58 bits per heavy atom. The molecule has 1 aromatic carbocycles. The lowest BCUT2D eigenvalue weighted by atomic mass is 10.2. The van der Waals surface area contributed by atoms with Crippen LogP contribution in [-0.2, 0) is 4.79 Å². The fraction of sp³-hybridized carbons (Fsp3) is 0.529. The van der Waals surface area contributed by atoms with E-state index in [0.717, 1.165) is 23.6 Å². The van der Waals surface area contributed by atoms with Gasteiger partial charge in [-0.05, 0) is 12.1 Å². The number of fused-ring (bicyclic) bond motifs is 1. The number of benzene rings is 1. The van der Waals surface area contributed by atoms with E-state index in [9.17, 15) is 4.79 Å². The van der Waals surface area contributed by atoms with E-state index >= 15 is 0 Å². The first kappa shape index (κ1) is 17.9. The summed E-state index contributed by atoms with van der Waals surface area (Å²) in [6, 6.07) is 5.70. The molecule has 1 aliphatic heterocycles. The van der Waals surface area contributed by atoms with Gasteiger partial charge in [-0.15, -0.1) is 0 Å². The lowest BCUT2D eigenvalue weighted by Gasteiger charge is -2.14. The molecule has 0 saturated carbocycles. The lowest BCUT2D eigenvalue weighted by Crippen LogP contribution is -2.38. The van der Waals surface area contributed by atoms with E-state index in [1.54, 1.807) is 7.05 Å². The zero-order valence-electron chi connectivity index (χ0n) is 14.5. The number of ether oxygens (including phenoxy) is 2.